The number of rotatable bonds is 6. The number of carbonyl (C=O) groups is 2. The van der Waals surface area contributed by atoms with Gasteiger partial charge in [0, 0.05) is 18.3 Å². The molecule has 2 aromatic carbocycles. The minimum atomic E-state index is -1.00. The zero-order valence-corrected chi connectivity index (χ0v) is 14.7. The van der Waals surface area contributed by atoms with E-state index in [2.05, 4.69) is 15.5 Å². The van der Waals surface area contributed by atoms with Crippen molar-refractivity contribution in [2.24, 2.45) is 7.05 Å². The Hall–Kier alpha value is -3.13. The molecule has 2 N–H and O–H groups in total. The highest BCUT2D eigenvalue weighted by Crippen LogP contribution is 2.22. The van der Waals surface area contributed by atoms with Crippen LogP contribution in [0.4, 0.5) is 5.69 Å². The molecule has 8 heteroatoms. The third-order valence-electron chi connectivity index (χ3n) is 3.61. The van der Waals surface area contributed by atoms with Gasteiger partial charge in [0.25, 0.3) is 0 Å². The zero-order valence-electron chi connectivity index (χ0n) is 13.9. The number of amides is 1. The quantitative estimate of drug-likeness (QED) is 0.649. The summed E-state index contributed by atoms with van der Waals surface area (Å²) in [6, 6.07) is 15.7. The predicted octanol–water partition coefficient (Wildman–Crippen LogP) is 2.91. The standard InChI is InChI=1S/C18H16N4O3S/c1-22-16(12-5-3-2-4-6-12)20-21-18(22)26-11-15(23)19-14-9-7-13(8-10-14)17(24)25/h2-10H,11H2,1H3,(H,19,23)(H,24,25). The van der Waals surface area contributed by atoms with E-state index in [1.54, 1.807) is 12.1 Å². The van der Waals surface area contributed by atoms with Crippen molar-refractivity contribution < 1.29 is 14.7 Å². The molecule has 7 nitrogen and oxygen atoms in total. The summed E-state index contributed by atoms with van der Waals surface area (Å²) in [5, 5.41) is 20.5. The van der Waals surface area contributed by atoms with Crippen LogP contribution in [0, 0.1) is 0 Å². The summed E-state index contributed by atoms with van der Waals surface area (Å²) in [5.41, 5.74) is 1.67. The first-order valence-corrected chi connectivity index (χ1v) is 8.74. The minimum Gasteiger partial charge on any atom is -0.478 e. The molecule has 0 aliphatic rings. The number of anilines is 1. The smallest absolute Gasteiger partial charge is 0.335 e. The van der Waals surface area contributed by atoms with Gasteiger partial charge >= 0.3 is 5.97 Å². The van der Waals surface area contributed by atoms with Gasteiger partial charge in [-0.2, -0.15) is 0 Å². The molecule has 0 atom stereocenters. The number of hydrogen-bond acceptors (Lipinski definition) is 5. The molecule has 1 amide bonds. The van der Waals surface area contributed by atoms with Crippen LogP contribution in [0.2, 0.25) is 0 Å². The lowest BCUT2D eigenvalue weighted by Gasteiger charge is -2.06. The Morgan fingerprint density at radius 1 is 1.08 bits per heavy atom. The van der Waals surface area contributed by atoms with E-state index in [1.165, 1.54) is 23.9 Å². The van der Waals surface area contributed by atoms with Crippen LogP contribution in [0.15, 0.2) is 59.8 Å². The van der Waals surface area contributed by atoms with Gasteiger partial charge in [-0.1, -0.05) is 42.1 Å². The largest absolute Gasteiger partial charge is 0.478 e. The summed E-state index contributed by atoms with van der Waals surface area (Å²) in [6.07, 6.45) is 0. The third kappa shape index (κ3) is 4.09. The van der Waals surface area contributed by atoms with Crippen molar-refractivity contribution in [3.8, 4) is 11.4 Å². The van der Waals surface area contributed by atoms with Crippen molar-refractivity contribution >= 4 is 29.3 Å². The van der Waals surface area contributed by atoms with Gasteiger partial charge in [-0.15, -0.1) is 10.2 Å². The van der Waals surface area contributed by atoms with E-state index in [0.717, 1.165) is 11.4 Å². The highest BCUT2D eigenvalue weighted by Gasteiger charge is 2.13. The van der Waals surface area contributed by atoms with E-state index in [-0.39, 0.29) is 17.2 Å². The molecule has 1 aromatic heterocycles. The second-order valence-corrected chi connectivity index (χ2v) is 6.39. The van der Waals surface area contributed by atoms with E-state index in [1.807, 2.05) is 41.9 Å². The molecular formula is C18H16N4O3S. The SMILES string of the molecule is Cn1c(SCC(=O)Nc2ccc(C(=O)O)cc2)nnc1-c1ccccc1. The summed E-state index contributed by atoms with van der Waals surface area (Å²) < 4.78 is 1.84. The lowest BCUT2D eigenvalue weighted by atomic mass is 10.2. The third-order valence-corrected chi connectivity index (χ3v) is 4.64. The molecule has 0 saturated heterocycles. The van der Waals surface area contributed by atoms with Crippen molar-refractivity contribution in [2.45, 2.75) is 5.16 Å². The molecule has 0 bridgehead atoms. The molecule has 0 aliphatic heterocycles. The zero-order chi connectivity index (χ0) is 18.5. The Labute approximate surface area is 154 Å². The molecule has 0 aliphatic carbocycles. The molecule has 1 heterocycles. The molecule has 3 rings (SSSR count). The van der Waals surface area contributed by atoms with Crippen molar-refractivity contribution in [1.82, 2.24) is 14.8 Å². The summed E-state index contributed by atoms with van der Waals surface area (Å²) in [4.78, 5) is 22.9. The van der Waals surface area contributed by atoms with E-state index in [4.69, 9.17) is 5.11 Å². The van der Waals surface area contributed by atoms with Crippen LogP contribution in [0.5, 0.6) is 0 Å². The Balaban J connectivity index is 1.60. The minimum absolute atomic E-state index is 0.168. The monoisotopic (exact) mass is 368 g/mol. The molecule has 0 unspecified atom stereocenters. The lowest BCUT2D eigenvalue weighted by molar-refractivity contribution is -0.113. The number of nitrogens with one attached hydrogen (secondary N) is 1. The average Bonchev–Trinajstić information content (AvgIpc) is 3.02. The molecule has 26 heavy (non-hydrogen) atoms. The predicted molar refractivity (Wildman–Crippen MR) is 99.2 cm³/mol. The lowest BCUT2D eigenvalue weighted by Crippen LogP contribution is -2.14. The van der Waals surface area contributed by atoms with Gasteiger partial charge in [-0.3, -0.25) is 4.79 Å². The van der Waals surface area contributed by atoms with Gasteiger partial charge in [-0.25, -0.2) is 4.79 Å². The van der Waals surface area contributed by atoms with Gasteiger partial charge in [0.05, 0.1) is 11.3 Å². The number of hydrogen-bond donors (Lipinski definition) is 2. The van der Waals surface area contributed by atoms with Crippen LogP contribution in [0.25, 0.3) is 11.4 Å². The molecule has 0 saturated carbocycles. The summed E-state index contributed by atoms with van der Waals surface area (Å²) in [6.45, 7) is 0. The van der Waals surface area contributed by atoms with Crippen LogP contribution in [0.3, 0.4) is 0 Å². The first-order chi connectivity index (χ1) is 12.5. The number of carboxylic acids is 1. The van der Waals surface area contributed by atoms with Crippen LogP contribution < -0.4 is 5.32 Å². The highest BCUT2D eigenvalue weighted by atomic mass is 32.2. The normalized spacial score (nSPS) is 10.5. The van der Waals surface area contributed by atoms with Gasteiger partial charge in [0.2, 0.25) is 5.91 Å². The molecule has 0 fully saturated rings. The Morgan fingerprint density at radius 3 is 2.42 bits per heavy atom. The average molecular weight is 368 g/mol. The fourth-order valence-electron chi connectivity index (χ4n) is 2.30. The Kier molecular flexibility index (Phi) is 5.33. The summed E-state index contributed by atoms with van der Waals surface area (Å²) in [5.74, 6) is -0.309. The van der Waals surface area contributed by atoms with Gasteiger partial charge in [-0.05, 0) is 24.3 Å². The van der Waals surface area contributed by atoms with Crippen LogP contribution in [-0.4, -0.2) is 37.5 Å². The maximum absolute atomic E-state index is 12.1. The second-order valence-electron chi connectivity index (χ2n) is 5.45. The van der Waals surface area contributed by atoms with E-state index in [9.17, 15) is 9.59 Å². The van der Waals surface area contributed by atoms with Crippen molar-refractivity contribution in [1.29, 1.82) is 0 Å². The topological polar surface area (TPSA) is 97.1 Å². The molecule has 3 aromatic rings. The number of nitrogens with zero attached hydrogens (tertiary/aromatic N) is 3. The number of aromatic carboxylic acids is 1. The van der Waals surface area contributed by atoms with Gasteiger partial charge in [0.15, 0.2) is 11.0 Å². The van der Waals surface area contributed by atoms with Crippen molar-refractivity contribution in [3.05, 3.63) is 60.2 Å². The number of carbonyl (C=O) groups excluding carboxylic acids is 1. The van der Waals surface area contributed by atoms with Gasteiger partial charge in [0.1, 0.15) is 0 Å². The van der Waals surface area contributed by atoms with E-state index >= 15 is 0 Å². The molecule has 0 radical (unpaired) electrons. The van der Waals surface area contributed by atoms with E-state index < -0.39 is 5.97 Å². The Bertz CT molecular complexity index is 923. The first kappa shape index (κ1) is 17.7. The molecule has 0 spiro atoms. The van der Waals surface area contributed by atoms with Crippen molar-refractivity contribution in [3.63, 3.8) is 0 Å². The van der Waals surface area contributed by atoms with Crippen LogP contribution in [0.1, 0.15) is 10.4 Å². The van der Waals surface area contributed by atoms with Crippen molar-refractivity contribution in [2.75, 3.05) is 11.1 Å². The fraction of sp³-hybridized carbons (Fsp3) is 0.111. The highest BCUT2D eigenvalue weighted by molar-refractivity contribution is 7.99. The van der Waals surface area contributed by atoms with Crippen LogP contribution >= 0.6 is 11.8 Å². The first-order valence-electron chi connectivity index (χ1n) is 7.75. The Morgan fingerprint density at radius 2 is 1.77 bits per heavy atom. The van der Waals surface area contributed by atoms with E-state index in [0.29, 0.717) is 10.8 Å². The number of aromatic nitrogens is 3. The summed E-state index contributed by atoms with van der Waals surface area (Å²) >= 11 is 1.28. The van der Waals surface area contributed by atoms with Crippen LogP contribution in [-0.2, 0) is 11.8 Å². The second kappa shape index (κ2) is 7.83. The number of benzene rings is 2. The number of thioether (sulfide) groups is 1. The number of carboxylic acid groups (broad SMARTS) is 1. The maximum Gasteiger partial charge on any atom is 0.335 e. The van der Waals surface area contributed by atoms with Gasteiger partial charge < -0.3 is 15.0 Å². The molecular weight excluding hydrogens is 352 g/mol. The summed E-state index contributed by atoms with van der Waals surface area (Å²) in [7, 11) is 1.85. The fourth-order valence-corrected chi connectivity index (χ4v) is 3.01. The maximum atomic E-state index is 12.1. The molecule has 132 valence electrons.